The Morgan fingerprint density at radius 1 is 1.20 bits per heavy atom. The van der Waals surface area contributed by atoms with Crippen LogP contribution in [0.5, 0.6) is 11.5 Å². The molecule has 0 saturated carbocycles. The normalized spacial score (nSPS) is 21.0. The van der Waals surface area contributed by atoms with E-state index in [0.29, 0.717) is 17.2 Å². The zero-order valence-electron chi connectivity index (χ0n) is 13.7. The zero-order valence-corrected chi connectivity index (χ0v) is 14.6. The van der Waals surface area contributed by atoms with Crippen LogP contribution in [0.3, 0.4) is 0 Å². The van der Waals surface area contributed by atoms with Crippen LogP contribution >= 0.6 is 11.8 Å². The first-order chi connectivity index (χ1) is 12.0. The maximum absolute atomic E-state index is 12.9. The molecule has 0 spiro atoms. The molecule has 1 atom stereocenters. The Labute approximate surface area is 149 Å². The van der Waals surface area contributed by atoms with E-state index in [-0.39, 0.29) is 18.6 Å². The molecule has 0 saturated heterocycles. The monoisotopic (exact) mass is 356 g/mol. The predicted molar refractivity (Wildman–Crippen MR) is 95.3 cm³/mol. The summed E-state index contributed by atoms with van der Waals surface area (Å²) < 4.78 is 9.34. The molecule has 6 nitrogen and oxygen atoms in total. The first-order valence-electron chi connectivity index (χ1n) is 7.76. The lowest BCUT2D eigenvalue weighted by Gasteiger charge is -2.36. The van der Waals surface area contributed by atoms with Crippen molar-refractivity contribution in [2.45, 2.75) is 16.6 Å². The molecule has 2 aliphatic heterocycles. The molecule has 2 amide bonds. The minimum absolute atomic E-state index is 0.167. The van der Waals surface area contributed by atoms with Crippen LogP contribution < -0.4 is 19.7 Å². The van der Waals surface area contributed by atoms with Gasteiger partial charge in [-0.25, -0.2) is 0 Å². The number of rotatable bonds is 2. The van der Waals surface area contributed by atoms with Crippen molar-refractivity contribution in [1.29, 1.82) is 0 Å². The van der Waals surface area contributed by atoms with Gasteiger partial charge in [0.25, 0.3) is 5.91 Å². The van der Waals surface area contributed by atoms with Crippen LogP contribution in [0.4, 0.5) is 11.4 Å². The summed E-state index contributed by atoms with van der Waals surface area (Å²) in [5, 5.41) is 2.82. The van der Waals surface area contributed by atoms with Crippen LogP contribution in [0.15, 0.2) is 47.4 Å². The van der Waals surface area contributed by atoms with Crippen molar-refractivity contribution in [2.24, 2.45) is 0 Å². The largest absolute Gasteiger partial charge is 0.454 e. The summed E-state index contributed by atoms with van der Waals surface area (Å²) in [6.45, 7) is 1.81. The van der Waals surface area contributed by atoms with Gasteiger partial charge in [-0.15, -0.1) is 0 Å². The number of benzene rings is 2. The lowest BCUT2D eigenvalue weighted by molar-refractivity contribution is -0.128. The van der Waals surface area contributed by atoms with Crippen molar-refractivity contribution in [2.75, 3.05) is 24.1 Å². The molecule has 0 aliphatic carbocycles. The fourth-order valence-corrected chi connectivity index (χ4v) is 4.15. The molecule has 0 aromatic heterocycles. The Kier molecular flexibility index (Phi) is 3.61. The molecule has 0 radical (unpaired) electrons. The molecule has 128 valence electrons. The number of fused-ring (bicyclic) bond motifs is 2. The van der Waals surface area contributed by atoms with Crippen molar-refractivity contribution < 1.29 is 19.1 Å². The number of hydrogen-bond donors (Lipinski definition) is 1. The summed E-state index contributed by atoms with van der Waals surface area (Å²) in [5.41, 5.74) is 1.37. The van der Waals surface area contributed by atoms with Gasteiger partial charge in [-0.1, -0.05) is 23.9 Å². The van der Waals surface area contributed by atoms with E-state index >= 15 is 0 Å². The summed E-state index contributed by atoms with van der Waals surface area (Å²) in [6, 6.07) is 12.7. The number of thioether (sulfide) groups is 1. The average molecular weight is 356 g/mol. The van der Waals surface area contributed by atoms with Gasteiger partial charge < -0.3 is 19.7 Å². The molecule has 2 heterocycles. The highest BCUT2D eigenvalue weighted by Gasteiger charge is 2.48. The first-order valence-corrected chi connectivity index (χ1v) is 8.58. The summed E-state index contributed by atoms with van der Waals surface area (Å²) in [4.78, 5) is 28.2. The minimum Gasteiger partial charge on any atom is -0.454 e. The maximum Gasteiger partial charge on any atom is 0.252 e. The minimum atomic E-state index is -1.25. The molecule has 4 rings (SSSR count). The number of ether oxygens (including phenoxy) is 2. The number of amides is 2. The average Bonchev–Trinajstić information content (AvgIpc) is 3.07. The Morgan fingerprint density at radius 3 is 2.80 bits per heavy atom. The standard InChI is InChI=1S/C18H16N2O4S/c1-18(17(22)20(2)12-5-3-4-6-15(12)25-18)16(21)19-11-7-8-13-14(9-11)24-10-23-13/h3-9H,10H2,1-2H3,(H,19,21). The molecule has 2 aliphatic rings. The fourth-order valence-electron chi connectivity index (χ4n) is 2.88. The van der Waals surface area contributed by atoms with Gasteiger partial charge in [-0.3, -0.25) is 9.59 Å². The van der Waals surface area contributed by atoms with E-state index in [2.05, 4.69) is 5.32 Å². The van der Waals surface area contributed by atoms with Gasteiger partial charge in [-0.05, 0) is 31.2 Å². The van der Waals surface area contributed by atoms with E-state index in [0.717, 1.165) is 10.6 Å². The van der Waals surface area contributed by atoms with Crippen LogP contribution in [0.25, 0.3) is 0 Å². The van der Waals surface area contributed by atoms with Gasteiger partial charge in [-0.2, -0.15) is 0 Å². The third-order valence-electron chi connectivity index (χ3n) is 4.32. The third kappa shape index (κ3) is 2.51. The number of nitrogens with one attached hydrogen (secondary N) is 1. The summed E-state index contributed by atoms with van der Waals surface area (Å²) >= 11 is 1.26. The van der Waals surface area contributed by atoms with Gasteiger partial charge in [0.1, 0.15) is 0 Å². The van der Waals surface area contributed by atoms with Gasteiger partial charge in [0, 0.05) is 23.7 Å². The van der Waals surface area contributed by atoms with Crippen molar-refractivity contribution in [3.63, 3.8) is 0 Å². The van der Waals surface area contributed by atoms with Crippen molar-refractivity contribution >= 4 is 35.0 Å². The summed E-state index contributed by atoms with van der Waals surface area (Å²) in [6.07, 6.45) is 0. The van der Waals surface area contributed by atoms with E-state index in [4.69, 9.17) is 9.47 Å². The smallest absolute Gasteiger partial charge is 0.252 e. The molecule has 25 heavy (non-hydrogen) atoms. The summed E-state index contributed by atoms with van der Waals surface area (Å²) in [7, 11) is 1.69. The second kappa shape index (κ2) is 5.70. The highest BCUT2D eigenvalue weighted by atomic mass is 32.2. The number of para-hydroxylation sites is 1. The molecular weight excluding hydrogens is 340 g/mol. The molecule has 0 fully saturated rings. The lowest BCUT2D eigenvalue weighted by Crippen LogP contribution is -2.53. The van der Waals surface area contributed by atoms with Crippen molar-refractivity contribution in [3.8, 4) is 11.5 Å². The molecule has 0 bridgehead atoms. The van der Waals surface area contributed by atoms with E-state index < -0.39 is 4.75 Å². The van der Waals surface area contributed by atoms with Gasteiger partial charge in [0.15, 0.2) is 16.2 Å². The molecule has 2 aromatic rings. The Morgan fingerprint density at radius 2 is 1.96 bits per heavy atom. The molecule has 2 aromatic carbocycles. The van der Waals surface area contributed by atoms with E-state index in [1.807, 2.05) is 24.3 Å². The number of carbonyl (C=O) groups is 2. The van der Waals surface area contributed by atoms with Gasteiger partial charge in [0.05, 0.1) is 5.69 Å². The first kappa shape index (κ1) is 15.8. The van der Waals surface area contributed by atoms with Crippen LogP contribution in [0, 0.1) is 0 Å². The van der Waals surface area contributed by atoms with Crippen molar-refractivity contribution in [1.82, 2.24) is 0 Å². The maximum atomic E-state index is 12.9. The van der Waals surface area contributed by atoms with Gasteiger partial charge in [0.2, 0.25) is 12.7 Å². The van der Waals surface area contributed by atoms with Crippen LogP contribution in [0.1, 0.15) is 6.92 Å². The number of hydrogen-bond acceptors (Lipinski definition) is 5. The predicted octanol–water partition coefficient (Wildman–Crippen LogP) is 2.88. The third-order valence-corrected chi connectivity index (χ3v) is 5.65. The molecule has 1 unspecified atom stereocenters. The van der Waals surface area contributed by atoms with Crippen LogP contribution in [0.2, 0.25) is 0 Å². The Hall–Kier alpha value is -2.67. The van der Waals surface area contributed by atoms with E-state index in [1.54, 1.807) is 32.2 Å². The lowest BCUT2D eigenvalue weighted by atomic mass is 10.1. The SMILES string of the molecule is CN1C(=O)C(C)(C(=O)Nc2ccc3c(c2)OCO3)Sc2ccccc21. The Bertz CT molecular complexity index is 885. The Balaban J connectivity index is 1.62. The van der Waals surface area contributed by atoms with Crippen molar-refractivity contribution in [3.05, 3.63) is 42.5 Å². The second-order valence-electron chi connectivity index (χ2n) is 5.99. The number of nitrogens with zero attached hydrogens (tertiary/aromatic N) is 1. The topological polar surface area (TPSA) is 67.9 Å². The van der Waals surface area contributed by atoms with Crippen LogP contribution in [-0.2, 0) is 9.59 Å². The quantitative estimate of drug-likeness (QED) is 0.838. The fraction of sp³-hybridized carbons (Fsp3) is 0.222. The number of anilines is 2. The second-order valence-corrected chi connectivity index (χ2v) is 7.45. The van der Waals surface area contributed by atoms with E-state index in [1.165, 1.54) is 16.7 Å². The summed E-state index contributed by atoms with van der Waals surface area (Å²) in [5.74, 6) is 0.589. The highest BCUT2D eigenvalue weighted by molar-refractivity contribution is 8.02. The zero-order chi connectivity index (χ0) is 17.6. The van der Waals surface area contributed by atoms with E-state index in [9.17, 15) is 9.59 Å². The molecule has 1 N–H and O–H groups in total. The number of carbonyl (C=O) groups excluding carboxylic acids is 2. The van der Waals surface area contributed by atoms with Crippen LogP contribution in [-0.4, -0.2) is 30.4 Å². The molecule has 7 heteroatoms. The highest BCUT2D eigenvalue weighted by Crippen LogP contribution is 2.45. The van der Waals surface area contributed by atoms with Gasteiger partial charge >= 0.3 is 0 Å². The molecular formula is C18H16N2O4S.